The van der Waals surface area contributed by atoms with Gasteiger partial charge in [0.2, 0.25) is 0 Å². The third-order valence-corrected chi connectivity index (χ3v) is 10.4. The number of aryl methyl sites for hydroxylation is 6. The summed E-state index contributed by atoms with van der Waals surface area (Å²) in [5.74, 6) is 0.394. The number of hydrogen-bond donors (Lipinski definition) is 0. The van der Waals surface area contributed by atoms with Crippen LogP contribution in [0, 0.1) is 39.5 Å². The van der Waals surface area contributed by atoms with Crippen LogP contribution in [0.25, 0.3) is 22.3 Å². The Kier molecular flexibility index (Phi) is 6.38. The molecule has 0 amide bonds. The molecular formula is C44H40. The molecule has 4 aliphatic rings. The number of rotatable bonds is 4. The van der Waals surface area contributed by atoms with E-state index < -0.39 is 0 Å². The minimum absolute atomic E-state index is 0.197. The number of benzene rings is 4. The van der Waals surface area contributed by atoms with E-state index in [1.807, 2.05) is 0 Å². The molecule has 0 heterocycles. The minimum Gasteiger partial charge on any atom is -0.0980 e. The highest BCUT2D eigenvalue weighted by Crippen LogP contribution is 2.57. The number of hydrogen-bond acceptors (Lipinski definition) is 0. The molecule has 0 heteroatoms. The molecule has 0 spiro atoms. The second-order valence-electron chi connectivity index (χ2n) is 13.6. The topological polar surface area (TPSA) is 0 Å². The lowest BCUT2D eigenvalue weighted by Crippen LogP contribution is -2.19. The first-order chi connectivity index (χ1) is 21.4. The van der Waals surface area contributed by atoms with Crippen molar-refractivity contribution in [3.8, 4) is 0 Å². The van der Waals surface area contributed by atoms with Gasteiger partial charge in [0.1, 0.15) is 0 Å². The summed E-state index contributed by atoms with van der Waals surface area (Å²) in [6.07, 6.45) is 9.42. The molecule has 216 valence electrons. The highest BCUT2D eigenvalue weighted by atomic mass is 14.4. The van der Waals surface area contributed by atoms with Gasteiger partial charge in [-0.1, -0.05) is 130 Å². The van der Waals surface area contributed by atoms with Gasteiger partial charge in [-0.05, 0) is 121 Å². The fraction of sp³-hybridized carbons (Fsp3) is 0.227. The maximum atomic E-state index is 5.10. The Labute approximate surface area is 262 Å². The zero-order valence-electron chi connectivity index (χ0n) is 26.4. The average Bonchev–Trinajstić information content (AvgIpc) is 3.60. The van der Waals surface area contributed by atoms with Crippen LogP contribution in [0.5, 0.6) is 0 Å². The van der Waals surface area contributed by atoms with Gasteiger partial charge in [-0.2, -0.15) is 0 Å². The molecule has 0 nitrogen and oxygen atoms in total. The van der Waals surface area contributed by atoms with Crippen LogP contribution in [-0.2, 0) is 12.8 Å². The summed E-state index contributed by atoms with van der Waals surface area (Å²) in [6.45, 7) is 14.0. The summed E-state index contributed by atoms with van der Waals surface area (Å²) in [5, 5.41) is 0. The Morgan fingerprint density at radius 1 is 0.523 bits per heavy atom. The Morgan fingerprint density at radius 2 is 0.909 bits per heavy atom. The molecule has 0 aromatic heterocycles. The molecule has 0 fully saturated rings. The van der Waals surface area contributed by atoms with E-state index in [9.17, 15) is 0 Å². The molecule has 4 aliphatic carbocycles. The van der Waals surface area contributed by atoms with E-state index in [0.717, 1.165) is 25.7 Å². The van der Waals surface area contributed by atoms with Gasteiger partial charge in [-0.25, -0.2) is 0 Å². The van der Waals surface area contributed by atoms with E-state index in [2.05, 4.69) is 125 Å². The van der Waals surface area contributed by atoms with Crippen molar-refractivity contribution in [2.75, 3.05) is 0 Å². The van der Waals surface area contributed by atoms with E-state index in [4.69, 9.17) is 6.58 Å². The molecular weight excluding hydrogens is 528 g/mol. The summed E-state index contributed by atoms with van der Waals surface area (Å²) >= 11 is 0. The molecule has 0 bridgehead atoms. The van der Waals surface area contributed by atoms with Crippen molar-refractivity contribution in [3.63, 3.8) is 0 Å². The minimum atomic E-state index is 0.197. The van der Waals surface area contributed by atoms with Crippen molar-refractivity contribution in [1.82, 2.24) is 0 Å². The quantitative estimate of drug-likeness (QED) is 0.215. The monoisotopic (exact) mass is 568 g/mol. The van der Waals surface area contributed by atoms with Gasteiger partial charge in [-0.15, -0.1) is 0 Å². The van der Waals surface area contributed by atoms with Crippen LogP contribution < -0.4 is 0 Å². The van der Waals surface area contributed by atoms with Crippen LogP contribution in [0.4, 0.5) is 0 Å². The first-order valence-electron chi connectivity index (χ1n) is 16.3. The van der Waals surface area contributed by atoms with Crippen LogP contribution in [-0.4, -0.2) is 0 Å². The molecule has 44 heavy (non-hydrogen) atoms. The second-order valence-corrected chi connectivity index (χ2v) is 13.6. The first kappa shape index (κ1) is 27.2. The third kappa shape index (κ3) is 4.34. The van der Waals surface area contributed by atoms with E-state index in [1.54, 1.807) is 11.1 Å². The van der Waals surface area contributed by atoms with E-state index in [-0.39, 0.29) is 11.8 Å². The van der Waals surface area contributed by atoms with Gasteiger partial charge >= 0.3 is 0 Å². The fourth-order valence-corrected chi connectivity index (χ4v) is 8.75. The van der Waals surface area contributed by atoms with Crippen molar-refractivity contribution < 1.29 is 0 Å². The van der Waals surface area contributed by atoms with Gasteiger partial charge in [0.15, 0.2) is 0 Å². The van der Waals surface area contributed by atoms with Crippen LogP contribution >= 0.6 is 0 Å². The Morgan fingerprint density at radius 3 is 1.32 bits per heavy atom. The average molecular weight is 569 g/mol. The molecule has 0 N–H and O–H groups in total. The maximum Gasteiger partial charge on any atom is 0.0279 e. The predicted octanol–water partition coefficient (Wildman–Crippen LogP) is 11.0. The molecule has 4 aromatic carbocycles. The standard InChI is InChI=1S/C44H40/c1-26-18-27(2)21-33(20-26)39-24-41-35-12-8-6-10-31(35)14-16-37(41)43(39)30(5)44-38-17-15-32-11-7-9-13-36(32)42(38)25-40(44)34-22-28(3)19-29(4)23-34/h6-13,18-25,43-44H,5,14-17H2,1-4H3. The highest BCUT2D eigenvalue weighted by Gasteiger charge is 2.41. The van der Waals surface area contributed by atoms with Crippen molar-refractivity contribution >= 4 is 22.3 Å². The fourth-order valence-electron chi connectivity index (χ4n) is 8.75. The molecule has 2 unspecified atom stereocenters. The third-order valence-electron chi connectivity index (χ3n) is 10.4. The lowest BCUT2D eigenvalue weighted by molar-refractivity contribution is 0.722. The SMILES string of the molecule is C=C(C1C(c2cc(C)cc(C)c2)=CC2=C1CCc1ccccc12)C1C(c2cc(C)cc(C)c2)=CC2=C1CCc1ccccc12. The normalized spacial score (nSPS) is 20.1. The summed E-state index contributed by atoms with van der Waals surface area (Å²) in [6, 6.07) is 32.2. The maximum absolute atomic E-state index is 5.10. The molecule has 2 atom stereocenters. The lowest BCUT2D eigenvalue weighted by atomic mass is 9.70. The second kappa shape index (κ2) is 10.3. The van der Waals surface area contributed by atoms with Crippen molar-refractivity contribution in [2.45, 2.75) is 53.4 Å². The predicted molar refractivity (Wildman–Crippen MR) is 187 cm³/mol. The largest absolute Gasteiger partial charge is 0.0980 e. The zero-order valence-corrected chi connectivity index (χ0v) is 26.4. The molecule has 0 radical (unpaired) electrons. The Hall–Kier alpha value is -4.42. The van der Waals surface area contributed by atoms with Crippen molar-refractivity contribution in [3.05, 3.63) is 176 Å². The number of allylic oxidation sites excluding steroid dienone is 9. The summed E-state index contributed by atoms with van der Waals surface area (Å²) in [5.41, 5.74) is 23.9. The van der Waals surface area contributed by atoms with Gasteiger partial charge in [-0.3, -0.25) is 0 Å². The summed E-state index contributed by atoms with van der Waals surface area (Å²) in [7, 11) is 0. The molecule has 4 aromatic rings. The van der Waals surface area contributed by atoms with E-state index in [1.165, 1.54) is 83.5 Å². The van der Waals surface area contributed by atoms with E-state index >= 15 is 0 Å². The molecule has 0 saturated heterocycles. The van der Waals surface area contributed by atoms with Crippen LogP contribution in [0.15, 0.2) is 120 Å². The summed E-state index contributed by atoms with van der Waals surface area (Å²) in [4.78, 5) is 0. The first-order valence-corrected chi connectivity index (χ1v) is 16.3. The van der Waals surface area contributed by atoms with Crippen LogP contribution in [0.2, 0.25) is 0 Å². The Balaban J connectivity index is 1.33. The molecule has 8 rings (SSSR count). The van der Waals surface area contributed by atoms with E-state index in [0.29, 0.717) is 0 Å². The lowest BCUT2D eigenvalue weighted by Gasteiger charge is -2.33. The smallest absolute Gasteiger partial charge is 0.0279 e. The summed E-state index contributed by atoms with van der Waals surface area (Å²) < 4.78 is 0. The Bertz CT molecular complexity index is 1830. The molecule has 0 saturated carbocycles. The number of fused-ring (bicyclic) bond motifs is 4. The van der Waals surface area contributed by atoms with Crippen molar-refractivity contribution in [2.24, 2.45) is 11.8 Å². The van der Waals surface area contributed by atoms with Gasteiger partial charge in [0, 0.05) is 11.8 Å². The van der Waals surface area contributed by atoms with Crippen LogP contribution in [0.3, 0.4) is 0 Å². The van der Waals surface area contributed by atoms with Gasteiger partial charge in [0.25, 0.3) is 0 Å². The molecule has 0 aliphatic heterocycles. The van der Waals surface area contributed by atoms with Crippen LogP contribution in [0.1, 0.15) is 68.5 Å². The zero-order chi connectivity index (χ0) is 30.1. The van der Waals surface area contributed by atoms with Gasteiger partial charge < -0.3 is 0 Å². The van der Waals surface area contributed by atoms with Gasteiger partial charge in [0.05, 0.1) is 0 Å². The van der Waals surface area contributed by atoms with Crippen molar-refractivity contribution in [1.29, 1.82) is 0 Å². The highest BCUT2D eigenvalue weighted by molar-refractivity contribution is 6.00.